The van der Waals surface area contributed by atoms with Crippen molar-refractivity contribution in [3.8, 4) is 0 Å². The number of carbonyl (C=O) groups is 2. The lowest BCUT2D eigenvalue weighted by molar-refractivity contribution is -0.137. The highest BCUT2D eigenvalue weighted by Crippen LogP contribution is 2.11. The summed E-state index contributed by atoms with van der Waals surface area (Å²) in [6.45, 7) is 3.43. The van der Waals surface area contributed by atoms with Crippen LogP contribution in [0.15, 0.2) is 12.2 Å². The van der Waals surface area contributed by atoms with E-state index in [0.717, 1.165) is 32.4 Å². The summed E-state index contributed by atoms with van der Waals surface area (Å²) < 4.78 is 0. The number of aliphatic carboxylic acids is 1. The van der Waals surface area contributed by atoms with Gasteiger partial charge in [0.25, 0.3) is 0 Å². The van der Waals surface area contributed by atoms with Gasteiger partial charge in [0.1, 0.15) is 0 Å². The maximum Gasteiger partial charge on any atom is 0.317 e. The topological polar surface area (TPSA) is 72.9 Å². The number of piperazine rings is 1. The van der Waals surface area contributed by atoms with Gasteiger partial charge in [0, 0.05) is 38.8 Å². The molecule has 1 saturated heterocycles. The average molecular weight is 281 g/mol. The van der Waals surface area contributed by atoms with Crippen LogP contribution in [0.1, 0.15) is 25.7 Å². The Hall–Kier alpha value is -1.56. The zero-order valence-corrected chi connectivity index (χ0v) is 11.8. The van der Waals surface area contributed by atoms with Crippen LogP contribution < -0.4 is 5.32 Å². The lowest BCUT2D eigenvalue weighted by Gasteiger charge is -2.35. The fourth-order valence-corrected chi connectivity index (χ4v) is 2.62. The Kier molecular flexibility index (Phi) is 5.40. The van der Waals surface area contributed by atoms with Gasteiger partial charge in [-0.3, -0.25) is 9.69 Å². The molecule has 0 saturated carbocycles. The Balaban J connectivity index is 1.68. The van der Waals surface area contributed by atoms with E-state index in [2.05, 4.69) is 22.4 Å². The van der Waals surface area contributed by atoms with Gasteiger partial charge in [0.2, 0.25) is 0 Å². The van der Waals surface area contributed by atoms with E-state index in [1.807, 2.05) is 4.90 Å². The summed E-state index contributed by atoms with van der Waals surface area (Å²) in [5, 5.41) is 11.7. The lowest BCUT2D eigenvalue weighted by Crippen LogP contribution is -2.53. The Morgan fingerprint density at radius 2 is 1.95 bits per heavy atom. The van der Waals surface area contributed by atoms with Crippen molar-refractivity contribution in [1.29, 1.82) is 0 Å². The van der Waals surface area contributed by atoms with Gasteiger partial charge in [-0.15, -0.1) is 0 Å². The summed E-state index contributed by atoms with van der Waals surface area (Å²) in [4.78, 5) is 26.6. The van der Waals surface area contributed by atoms with Gasteiger partial charge in [0.15, 0.2) is 0 Å². The van der Waals surface area contributed by atoms with Gasteiger partial charge < -0.3 is 15.3 Å². The van der Waals surface area contributed by atoms with Crippen molar-refractivity contribution in [2.45, 2.75) is 31.7 Å². The molecule has 20 heavy (non-hydrogen) atoms. The minimum atomic E-state index is -0.768. The fraction of sp³-hybridized carbons (Fsp3) is 0.714. The number of amides is 2. The van der Waals surface area contributed by atoms with Gasteiger partial charge in [-0.25, -0.2) is 4.79 Å². The first-order chi connectivity index (χ1) is 9.65. The Morgan fingerprint density at radius 3 is 2.55 bits per heavy atom. The number of hydrogen-bond acceptors (Lipinski definition) is 3. The molecular formula is C14H23N3O3. The largest absolute Gasteiger partial charge is 0.481 e. The van der Waals surface area contributed by atoms with E-state index in [1.54, 1.807) is 0 Å². The molecule has 1 heterocycles. The maximum atomic E-state index is 12.1. The molecule has 0 aromatic heterocycles. The molecule has 6 heteroatoms. The highest BCUT2D eigenvalue weighted by Gasteiger charge is 2.23. The van der Waals surface area contributed by atoms with Gasteiger partial charge in [0.05, 0.1) is 6.42 Å². The highest BCUT2D eigenvalue weighted by molar-refractivity contribution is 5.74. The smallest absolute Gasteiger partial charge is 0.317 e. The van der Waals surface area contributed by atoms with Crippen LogP contribution in [0, 0.1) is 0 Å². The Morgan fingerprint density at radius 1 is 1.20 bits per heavy atom. The predicted octanol–water partition coefficient (Wildman–Crippen LogP) is 0.897. The van der Waals surface area contributed by atoms with E-state index in [4.69, 9.17) is 5.11 Å². The van der Waals surface area contributed by atoms with Gasteiger partial charge in [-0.2, -0.15) is 0 Å². The van der Waals surface area contributed by atoms with Crippen molar-refractivity contribution in [3.63, 3.8) is 0 Å². The minimum absolute atomic E-state index is 0.0168. The predicted molar refractivity (Wildman–Crippen MR) is 75.6 cm³/mol. The molecule has 0 aromatic carbocycles. The van der Waals surface area contributed by atoms with Crippen molar-refractivity contribution in [2.75, 3.05) is 32.7 Å². The third-order valence-corrected chi connectivity index (χ3v) is 3.90. The van der Waals surface area contributed by atoms with Crippen LogP contribution in [0.5, 0.6) is 0 Å². The number of carboxylic acids is 1. The van der Waals surface area contributed by atoms with Gasteiger partial charge in [-0.05, 0) is 19.3 Å². The fourth-order valence-electron chi connectivity index (χ4n) is 2.62. The number of nitrogens with zero attached hydrogens (tertiary/aromatic N) is 2. The number of urea groups is 1. The molecule has 1 atom stereocenters. The van der Waals surface area contributed by atoms with Crippen LogP contribution >= 0.6 is 0 Å². The van der Waals surface area contributed by atoms with E-state index in [1.165, 1.54) is 0 Å². The quantitative estimate of drug-likeness (QED) is 0.751. The monoisotopic (exact) mass is 281 g/mol. The lowest BCUT2D eigenvalue weighted by atomic mass is 10.0. The van der Waals surface area contributed by atoms with Crippen LogP contribution in [0.25, 0.3) is 0 Å². The Bertz CT molecular complexity index is 376. The molecule has 1 aliphatic carbocycles. The molecule has 1 unspecified atom stereocenters. The summed E-state index contributed by atoms with van der Waals surface area (Å²) in [6, 6.07) is 0.278. The second-order valence-electron chi connectivity index (χ2n) is 5.40. The molecule has 2 amide bonds. The molecule has 112 valence electrons. The third-order valence-electron chi connectivity index (χ3n) is 3.90. The molecule has 1 aliphatic heterocycles. The SMILES string of the molecule is O=C(O)CCN1CCN(C(=O)NC2CC=CCC2)CC1. The number of carboxylic acid groups (broad SMARTS) is 1. The number of carbonyl (C=O) groups excluding carboxylic acids is 1. The molecule has 0 radical (unpaired) electrons. The molecule has 0 aromatic rings. The first-order valence-corrected chi connectivity index (χ1v) is 7.30. The third kappa shape index (κ3) is 4.52. The summed E-state index contributed by atoms with van der Waals surface area (Å²) >= 11 is 0. The van der Waals surface area contributed by atoms with Crippen LogP contribution in [0.2, 0.25) is 0 Å². The molecule has 0 spiro atoms. The minimum Gasteiger partial charge on any atom is -0.481 e. The van der Waals surface area contributed by atoms with Crippen LogP contribution in [-0.2, 0) is 4.79 Å². The van der Waals surface area contributed by atoms with Crippen LogP contribution in [0.3, 0.4) is 0 Å². The second-order valence-corrected chi connectivity index (χ2v) is 5.40. The number of rotatable bonds is 4. The average Bonchev–Trinajstić information content (AvgIpc) is 2.46. The van der Waals surface area contributed by atoms with Gasteiger partial charge in [-0.1, -0.05) is 12.2 Å². The second kappa shape index (κ2) is 7.28. The highest BCUT2D eigenvalue weighted by atomic mass is 16.4. The summed E-state index contributed by atoms with van der Waals surface area (Å²) in [6.07, 6.45) is 7.42. The Labute approximate surface area is 119 Å². The zero-order chi connectivity index (χ0) is 14.4. The molecule has 2 N–H and O–H groups in total. The first kappa shape index (κ1) is 14.8. The summed E-state index contributed by atoms with van der Waals surface area (Å²) in [7, 11) is 0. The van der Waals surface area contributed by atoms with E-state index in [0.29, 0.717) is 19.6 Å². The van der Waals surface area contributed by atoms with Crippen molar-refractivity contribution >= 4 is 12.0 Å². The van der Waals surface area contributed by atoms with Gasteiger partial charge >= 0.3 is 12.0 Å². The normalized spacial score (nSPS) is 23.6. The molecule has 2 aliphatic rings. The van der Waals surface area contributed by atoms with Crippen molar-refractivity contribution in [1.82, 2.24) is 15.1 Å². The maximum absolute atomic E-state index is 12.1. The van der Waals surface area contributed by atoms with Crippen molar-refractivity contribution < 1.29 is 14.7 Å². The standard InChI is InChI=1S/C14H23N3O3/c18-13(19)6-7-16-8-10-17(11-9-16)14(20)15-12-4-2-1-3-5-12/h1-2,12H,3-11H2,(H,15,20)(H,18,19). The molecular weight excluding hydrogens is 258 g/mol. The molecule has 0 bridgehead atoms. The molecule has 1 fully saturated rings. The first-order valence-electron chi connectivity index (χ1n) is 7.30. The van der Waals surface area contributed by atoms with Crippen molar-refractivity contribution in [3.05, 3.63) is 12.2 Å². The summed E-state index contributed by atoms with van der Waals surface area (Å²) in [5.41, 5.74) is 0. The van der Waals surface area contributed by atoms with Crippen molar-refractivity contribution in [2.24, 2.45) is 0 Å². The van der Waals surface area contributed by atoms with E-state index in [9.17, 15) is 9.59 Å². The number of nitrogens with one attached hydrogen (secondary N) is 1. The number of allylic oxidation sites excluding steroid dienone is 1. The zero-order valence-electron chi connectivity index (χ0n) is 11.8. The van der Waals surface area contributed by atoms with Crippen LogP contribution in [0.4, 0.5) is 4.79 Å². The van der Waals surface area contributed by atoms with E-state index >= 15 is 0 Å². The molecule has 6 nitrogen and oxygen atoms in total. The van der Waals surface area contributed by atoms with E-state index in [-0.39, 0.29) is 18.5 Å². The number of hydrogen-bond donors (Lipinski definition) is 2. The molecule has 2 rings (SSSR count). The van der Waals surface area contributed by atoms with E-state index < -0.39 is 5.97 Å². The summed E-state index contributed by atoms with van der Waals surface area (Å²) in [5.74, 6) is -0.768. The van der Waals surface area contributed by atoms with Crippen LogP contribution in [-0.4, -0.2) is 65.7 Å².